The molecule has 0 saturated heterocycles. The number of likely N-dealkylation sites (N-methyl/N-ethyl adjacent to an activating group) is 1. The molecule has 0 aliphatic heterocycles. The van der Waals surface area contributed by atoms with Gasteiger partial charge in [0, 0.05) is 0 Å². The minimum Gasteiger partial charge on any atom is -0.468 e. The molecule has 78 valence electrons. The van der Waals surface area contributed by atoms with Crippen LogP contribution in [0.4, 0.5) is 0 Å². The van der Waals surface area contributed by atoms with E-state index in [0.29, 0.717) is 6.54 Å². The molecule has 0 fully saturated rings. The molecule has 0 amide bonds. The molecule has 0 unspecified atom stereocenters. The number of ether oxygens (including phenoxy) is 1. The summed E-state index contributed by atoms with van der Waals surface area (Å²) in [4.78, 5) is 11.2. The SMILES string of the molecule is CCN[C@@H](CCCCN)C(=O)OC. The fourth-order valence-corrected chi connectivity index (χ4v) is 1.18. The number of carbonyl (C=O) groups is 1. The van der Waals surface area contributed by atoms with Crippen molar-refractivity contribution in [1.29, 1.82) is 0 Å². The third-order valence-corrected chi connectivity index (χ3v) is 1.88. The zero-order valence-electron chi connectivity index (χ0n) is 8.51. The highest BCUT2D eigenvalue weighted by molar-refractivity contribution is 5.75. The maximum atomic E-state index is 11.2. The summed E-state index contributed by atoms with van der Waals surface area (Å²) in [5.41, 5.74) is 5.36. The first-order valence-electron chi connectivity index (χ1n) is 4.77. The molecule has 0 rings (SSSR count). The number of methoxy groups -OCH3 is 1. The van der Waals surface area contributed by atoms with E-state index in [9.17, 15) is 4.79 Å². The van der Waals surface area contributed by atoms with E-state index in [1.807, 2.05) is 6.92 Å². The van der Waals surface area contributed by atoms with E-state index >= 15 is 0 Å². The first kappa shape index (κ1) is 12.4. The number of rotatable bonds is 7. The van der Waals surface area contributed by atoms with E-state index in [1.165, 1.54) is 7.11 Å². The minimum atomic E-state index is -0.182. The van der Waals surface area contributed by atoms with Crippen molar-refractivity contribution in [2.24, 2.45) is 5.73 Å². The summed E-state index contributed by atoms with van der Waals surface area (Å²) in [6, 6.07) is -0.165. The summed E-state index contributed by atoms with van der Waals surface area (Å²) in [5.74, 6) is -0.182. The normalized spacial score (nSPS) is 12.5. The third kappa shape index (κ3) is 5.60. The van der Waals surface area contributed by atoms with Crippen LogP contribution in [0.5, 0.6) is 0 Å². The number of nitrogens with two attached hydrogens (primary N) is 1. The van der Waals surface area contributed by atoms with Crippen LogP contribution < -0.4 is 11.1 Å². The molecule has 4 nitrogen and oxygen atoms in total. The Hall–Kier alpha value is -0.610. The van der Waals surface area contributed by atoms with E-state index < -0.39 is 0 Å². The second kappa shape index (κ2) is 8.01. The monoisotopic (exact) mass is 188 g/mol. The van der Waals surface area contributed by atoms with Gasteiger partial charge in [0.1, 0.15) is 6.04 Å². The van der Waals surface area contributed by atoms with Crippen molar-refractivity contribution >= 4 is 5.97 Å². The molecule has 0 aromatic heterocycles. The van der Waals surface area contributed by atoms with Crippen LogP contribution in [0.2, 0.25) is 0 Å². The van der Waals surface area contributed by atoms with Crippen LogP contribution in [-0.2, 0) is 9.53 Å². The Morgan fingerprint density at radius 2 is 2.23 bits per heavy atom. The molecule has 0 spiro atoms. The summed E-state index contributed by atoms with van der Waals surface area (Å²) in [5, 5.41) is 3.08. The maximum absolute atomic E-state index is 11.2. The first-order valence-corrected chi connectivity index (χ1v) is 4.77. The molecular weight excluding hydrogens is 168 g/mol. The van der Waals surface area contributed by atoms with Crippen molar-refractivity contribution < 1.29 is 9.53 Å². The fraction of sp³-hybridized carbons (Fsp3) is 0.889. The Balaban J connectivity index is 3.73. The Morgan fingerprint density at radius 1 is 1.54 bits per heavy atom. The Kier molecular flexibility index (Phi) is 7.63. The summed E-state index contributed by atoms with van der Waals surface area (Å²) >= 11 is 0. The molecule has 1 atom stereocenters. The van der Waals surface area contributed by atoms with E-state index in [4.69, 9.17) is 5.73 Å². The topological polar surface area (TPSA) is 64.3 Å². The van der Waals surface area contributed by atoms with Crippen LogP contribution in [0, 0.1) is 0 Å². The number of carbonyl (C=O) groups excluding carboxylic acids is 1. The van der Waals surface area contributed by atoms with Crippen LogP contribution >= 0.6 is 0 Å². The number of hydrogen-bond acceptors (Lipinski definition) is 4. The molecule has 0 heterocycles. The predicted molar refractivity (Wildman–Crippen MR) is 52.4 cm³/mol. The average molecular weight is 188 g/mol. The zero-order valence-corrected chi connectivity index (χ0v) is 8.51. The van der Waals surface area contributed by atoms with E-state index in [1.54, 1.807) is 0 Å². The molecule has 0 saturated carbocycles. The van der Waals surface area contributed by atoms with Crippen molar-refractivity contribution in [3.05, 3.63) is 0 Å². The van der Waals surface area contributed by atoms with E-state index in [0.717, 1.165) is 25.8 Å². The highest BCUT2D eigenvalue weighted by atomic mass is 16.5. The van der Waals surface area contributed by atoms with Crippen LogP contribution in [0.1, 0.15) is 26.2 Å². The van der Waals surface area contributed by atoms with Crippen LogP contribution in [-0.4, -0.2) is 32.2 Å². The van der Waals surface area contributed by atoms with Gasteiger partial charge in [-0.2, -0.15) is 0 Å². The number of unbranched alkanes of at least 4 members (excludes halogenated alkanes) is 1. The number of hydrogen-bond donors (Lipinski definition) is 2. The lowest BCUT2D eigenvalue weighted by molar-refractivity contribution is -0.143. The fourth-order valence-electron chi connectivity index (χ4n) is 1.18. The third-order valence-electron chi connectivity index (χ3n) is 1.88. The Morgan fingerprint density at radius 3 is 2.69 bits per heavy atom. The Labute approximate surface area is 79.8 Å². The highest BCUT2D eigenvalue weighted by Crippen LogP contribution is 2.01. The quantitative estimate of drug-likeness (QED) is 0.444. The van der Waals surface area contributed by atoms with Gasteiger partial charge in [0.25, 0.3) is 0 Å². The highest BCUT2D eigenvalue weighted by Gasteiger charge is 2.16. The average Bonchev–Trinajstić information content (AvgIpc) is 2.16. The van der Waals surface area contributed by atoms with Gasteiger partial charge in [-0.1, -0.05) is 13.3 Å². The molecule has 0 aromatic carbocycles. The van der Waals surface area contributed by atoms with Crippen molar-refractivity contribution in [2.75, 3.05) is 20.2 Å². The van der Waals surface area contributed by atoms with Gasteiger partial charge in [0.2, 0.25) is 0 Å². The predicted octanol–water partition coefficient (Wildman–Crippen LogP) is 0.267. The van der Waals surface area contributed by atoms with Crippen molar-refractivity contribution in [3.8, 4) is 0 Å². The standard InChI is InChI=1S/C9H20N2O2/c1-3-11-8(9(12)13-2)6-4-5-7-10/h8,11H,3-7,10H2,1-2H3/t8-/m0/s1. The molecule has 0 aliphatic rings. The van der Waals surface area contributed by atoms with Gasteiger partial charge in [0.15, 0.2) is 0 Å². The summed E-state index contributed by atoms with van der Waals surface area (Å²) in [6.07, 6.45) is 2.72. The molecule has 0 aliphatic carbocycles. The lowest BCUT2D eigenvalue weighted by Gasteiger charge is -2.14. The first-order chi connectivity index (χ1) is 6.26. The zero-order chi connectivity index (χ0) is 10.1. The summed E-state index contributed by atoms with van der Waals surface area (Å²) in [6.45, 7) is 3.43. The molecule has 4 heteroatoms. The van der Waals surface area contributed by atoms with Crippen molar-refractivity contribution in [1.82, 2.24) is 5.32 Å². The number of esters is 1. The van der Waals surface area contributed by atoms with Gasteiger partial charge in [-0.05, 0) is 25.9 Å². The van der Waals surface area contributed by atoms with Gasteiger partial charge in [0.05, 0.1) is 7.11 Å². The van der Waals surface area contributed by atoms with Crippen molar-refractivity contribution in [3.63, 3.8) is 0 Å². The second-order valence-electron chi connectivity index (χ2n) is 2.92. The smallest absolute Gasteiger partial charge is 0.322 e. The minimum absolute atomic E-state index is 0.165. The molecule has 0 radical (unpaired) electrons. The van der Waals surface area contributed by atoms with Gasteiger partial charge in [-0.3, -0.25) is 4.79 Å². The van der Waals surface area contributed by atoms with E-state index in [-0.39, 0.29) is 12.0 Å². The van der Waals surface area contributed by atoms with Gasteiger partial charge in [-0.25, -0.2) is 0 Å². The number of nitrogens with one attached hydrogen (secondary N) is 1. The van der Waals surface area contributed by atoms with Gasteiger partial charge >= 0.3 is 5.97 Å². The molecular formula is C9H20N2O2. The molecule has 0 aromatic rings. The molecule has 13 heavy (non-hydrogen) atoms. The Bertz CT molecular complexity index is 140. The van der Waals surface area contributed by atoms with E-state index in [2.05, 4.69) is 10.1 Å². The van der Waals surface area contributed by atoms with Gasteiger partial charge < -0.3 is 15.8 Å². The lowest BCUT2D eigenvalue weighted by Crippen LogP contribution is -2.37. The van der Waals surface area contributed by atoms with Crippen molar-refractivity contribution in [2.45, 2.75) is 32.2 Å². The van der Waals surface area contributed by atoms with Crippen LogP contribution in [0.3, 0.4) is 0 Å². The molecule has 0 bridgehead atoms. The van der Waals surface area contributed by atoms with Gasteiger partial charge in [-0.15, -0.1) is 0 Å². The lowest BCUT2D eigenvalue weighted by atomic mass is 10.1. The second-order valence-corrected chi connectivity index (χ2v) is 2.92. The van der Waals surface area contributed by atoms with Crippen LogP contribution in [0.15, 0.2) is 0 Å². The summed E-state index contributed by atoms with van der Waals surface area (Å²) < 4.78 is 4.66. The largest absolute Gasteiger partial charge is 0.468 e. The summed E-state index contributed by atoms with van der Waals surface area (Å²) in [7, 11) is 1.41. The molecule has 3 N–H and O–H groups in total. The maximum Gasteiger partial charge on any atom is 0.322 e. The van der Waals surface area contributed by atoms with Crippen LogP contribution in [0.25, 0.3) is 0 Å².